The van der Waals surface area contributed by atoms with E-state index in [1.807, 2.05) is 18.2 Å². The van der Waals surface area contributed by atoms with Crippen molar-refractivity contribution in [2.45, 2.75) is 11.8 Å². The normalized spacial score (nSPS) is 11.2. The summed E-state index contributed by atoms with van der Waals surface area (Å²) in [5.41, 5.74) is 2.45. The van der Waals surface area contributed by atoms with E-state index >= 15 is 0 Å². The summed E-state index contributed by atoms with van der Waals surface area (Å²) in [6.45, 7) is 1.80. The Morgan fingerprint density at radius 2 is 1.62 bits per heavy atom. The zero-order valence-electron chi connectivity index (χ0n) is 12.9. The van der Waals surface area contributed by atoms with Crippen LogP contribution in [0, 0.1) is 6.92 Å². The fraction of sp³-hybridized carbons (Fsp3) is 0.0556. The lowest BCUT2D eigenvalue weighted by Crippen LogP contribution is -2.14. The molecule has 0 fully saturated rings. The average molecular weight is 359 g/mol. The molecule has 2 aromatic carbocycles. The molecule has 0 bridgehead atoms. The highest BCUT2D eigenvalue weighted by Crippen LogP contribution is 2.28. The topological polar surface area (TPSA) is 59.1 Å². The lowest BCUT2D eigenvalue weighted by Gasteiger charge is -2.09. The van der Waals surface area contributed by atoms with Crippen molar-refractivity contribution in [3.63, 3.8) is 0 Å². The number of halogens is 1. The molecule has 6 heteroatoms. The van der Waals surface area contributed by atoms with Crippen molar-refractivity contribution in [1.82, 2.24) is 4.98 Å². The molecular formula is C18H15ClN2O2S. The summed E-state index contributed by atoms with van der Waals surface area (Å²) in [4.78, 5) is 4.32. The van der Waals surface area contributed by atoms with Gasteiger partial charge in [0.1, 0.15) is 5.82 Å². The number of sulfonamides is 1. The first-order valence-electron chi connectivity index (χ1n) is 7.27. The van der Waals surface area contributed by atoms with Crippen molar-refractivity contribution in [3.05, 3.63) is 77.4 Å². The quantitative estimate of drug-likeness (QED) is 0.746. The van der Waals surface area contributed by atoms with Crippen LogP contribution in [-0.4, -0.2) is 13.4 Å². The third kappa shape index (κ3) is 3.58. The molecule has 0 aliphatic rings. The Labute approximate surface area is 146 Å². The largest absolute Gasteiger partial charge is 0.263 e. The van der Waals surface area contributed by atoms with Crippen LogP contribution in [0.4, 0.5) is 5.82 Å². The highest BCUT2D eigenvalue weighted by molar-refractivity contribution is 7.92. The minimum atomic E-state index is -3.68. The second-order valence-corrected chi connectivity index (χ2v) is 7.36. The van der Waals surface area contributed by atoms with Crippen LogP contribution in [0.1, 0.15) is 5.69 Å². The fourth-order valence-corrected chi connectivity index (χ4v) is 3.55. The number of aryl methyl sites for hydroxylation is 1. The first-order valence-corrected chi connectivity index (χ1v) is 9.13. The zero-order chi connectivity index (χ0) is 17.2. The van der Waals surface area contributed by atoms with E-state index in [0.29, 0.717) is 10.8 Å². The molecule has 0 aliphatic carbocycles. The van der Waals surface area contributed by atoms with Crippen LogP contribution in [0.2, 0.25) is 5.02 Å². The standard InChI is InChI=1S/C18H15ClN2O2S/c1-13-5-4-8-18(20-13)21-24(22,23)15-11-9-14(10-12-15)16-6-2-3-7-17(16)19/h2-12H,1H3,(H,20,21). The third-order valence-corrected chi connectivity index (χ3v) is 5.18. The first-order chi connectivity index (χ1) is 11.5. The average Bonchev–Trinajstić information content (AvgIpc) is 2.55. The molecule has 0 radical (unpaired) electrons. The van der Waals surface area contributed by atoms with Gasteiger partial charge in [0.2, 0.25) is 0 Å². The Morgan fingerprint density at radius 3 is 2.29 bits per heavy atom. The molecule has 0 spiro atoms. The van der Waals surface area contributed by atoms with Gasteiger partial charge in [0.25, 0.3) is 10.0 Å². The minimum Gasteiger partial charge on any atom is -0.263 e. The Hall–Kier alpha value is -2.37. The van der Waals surface area contributed by atoms with E-state index in [9.17, 15) is 8.42 Å². The van der Waals surface area contributed by atoms with E-state index in [1.54, 1.807) is 55.5 Å². The highest BCUT2D eigenvalue weighted by atomic mass is 35.5. The molecule has 0 amide bonds. The van der Waals surface area contributed by atoms with Crippen molar-refractivity contribution in [3.8, 4) is 11.1 Å². The maximum Gasteiger partial charge on any atom is 0.263 e. The monoisotopic (exact) mass is 358 g/mol. The number of hydrogen-bond acceptors (Lipinski definition) is 3. The summed E-state index contributed by atoms with van der Waals surface area (Å²) in [6.07, 6.45) is 0. The van der Waals surface area contributed by atoms with E-state index in [2.05, 4.69) is 9.71 Å². The van der Waals surface area contributed by atoms with Gasteiger partial charge in [-0.1, -0.05) is 48.0 Å². The number of nitrogens with zero attached hydrogens (tertiary/aromatic N) is 1. The molecule has 0 aliphatic heterocycles. The molecule has 122 valence electrons. The van der Waals surface area contributed by atoms with Crippen molar-refractivity contribution < 1.29 is 8.42 Å². The van der Waals surface area contributed by atoms with Gasteiger partial charge in [0.15, 0.2) is 0 Å². The Balaban J connectivity index is 1.88. The van der Waals surface area contributed by atoms with Crippen LogP contribution in [0.15, 0.2) is 71.6 Å². The van der Waals surface area contributed by atoms with Crippen LogP contribution in [0.5, 0.6) is 0 Å². The molecule has 1 heterocycles. The molecule has 4 nitrogen and oxygen atoms in total. The zero-order valence-corrected chi connectivity index (χ0v) is 14.5. The molecule has 0 unspecified atom stereocenters. The van der Waals surface area contributed by atoms with Gasteiger partial charge in [-0.2, -0.15) is 0 Å². The van der Waals surface area contributed by atoms with Gasteiger partial charge in [-0.3, -0.25) is 4.72 Å². The highest BCUT2D eigenvalue weighted by Gasteiger charge is 2.15. The molecule has 0 saturated carbocycles. The second kappa shape index (κ2) is 6.63. The minimum absolute atomic E-state index is 0.168. The first kappa shape index (κ1) is 16.5. The Morgan fingerprint density at radius 1 is 0.917 bits per heavy atom. The van der Waals surface area contributed by atoms with Gasteiger partial charge in [0, 0.05) is 16.3 Å². The molecule has 0 atom stereocenters. The Bertz CT molecular complexity index is 970. The number of anilines is 1. The number of pyridine rings is 1. The predicted octanol–water partition coefficient (Wildman–Crippen LogP) is 4.51. The van der Waals surface area contributed by atoms with Crippen LogP contribution < -0.4 is 4.72 Å². The molecule has 3 aromatic rings. The molecular weight excluding hydrogens is 344 g/mol. The fourth-order valence-electron chi connectivity index (χ4n) is 2.31. The number of aromatic nitrogens is 1. The van der Waals surface area contributed by atoms with E-state index in [0.717, 1.165) is 16.8 Å². The van der Waals surface area contributed by atoms with Crippen molar-refractivity contribution in [2.24, 2.45) is 0 Å². The molecule has 1 N–H and O–H groups in total. The van der Waals surface area contributed by atoms with Crippen molar-refractivity contribution in [1.29, 1.82) is 0 Å². The maximum atomic E-state index is 12.5. The predicted molar refractivity (Wildman–Crippen MR) is 96.7 cm³/mol. The molecule has 24 heavy (non-hydrogen) atoms. The smallest absolute Gasteiger partial charge is 0.263 e. The lowest BCUT2D eigenvalue weighted by atomic mass is 10.1. The third-order valence-electron chi connectivity index (χ3n) is 3.48. The summed E-state index contributed by atoms with van der Waals surface area (Å²) < 4.78 is 27.4. The number of hydrogen-bond donors (Lipinski definition) is 1. The van der Waals surface area contributed by atoms with Gasteiger partial charge in [0.05, 0.1) is 4.90 Å². The SMILES string of the molecule is Cc1cccc(NS(=O)(=O)c2ccc(-c3ccccc3Cl)cc2)n1. The van der Waals surface area contributed by atoms with E-state index in [4.69, 9.17) is 11.6 Å². The molecule has 1 aromatic heterocycles. The van der Waals surface area contributed by atoms with Crippen molar-refractivity contribution in [2.75, 3.05) is 4.72 Å². The summed E-state index contributed by atoms with van der Waals surface area (Å²) >= 11 is 6.17. The number of nitrogens with one attached hydrogen (secondary N) is 1. The second-order valence-electron chi connectivity index (χ2n) is 5.27. The molecule has 0 saturated heterocycles. The van der Waals surface area contributed by atoms with Crippen molar-refractivity contribution >= 4 is 27.4 Å². The summed E-state index contributed by atoms with van der Waals surface area (Å²) in [7, 11) is -3.68. The van der Waals surface area contributed by atoms with Crippen LogP contribution in [-0.2, 0) is 10.0 Å². The Kier molecular flexibility index (Phi) is 4.55. The maximum absolute atomic E-state index is 12.5. The summed E-state index contributed by atoms with van der Waals surface area (Å²) in [6, 6.07) is 19.2. The van der Waals surface area contributed by atoms with Crippen LogP contribution >= 0.6 is 11.6 Å². The molecule has 3 rings (SSSR count). The number of benzene rings is 2. The van der Waals surface area contributed by atoms with Gasteiger partial charge in [-0.05, 0) is 42.8 Å². The van der Waals surface area contributed by atoms with Gasteiger partial charge in [-0.25, -0.2) is 13.4 Å². The number of rotatable bonds is 4. The van der Waals surface area contributed by atoms with Crippen LogP contribution in [0.25, 0.3) is 11.1 Å². The van der Waals surface area contributed by atoms with E-state index < -0.39 is 10.0 Å². The van der Waals surface area contributed by atoms with Crippen LogP contribution in [0.3, 0.4) is 0 Å². The van der Waals surface area contributed by atoms with Gasteiger partial charge < -0.3 is 0 Å². The summed E-state index contributed by atoms with van der Waals surface area (Å²) in [5.74, 6) is 0.296. The van der Waals surface area contributed by atoms with E-state index in [-0.39, 0.29) is 4.90 Å². The van der Waals surface area contributed by atoms with Gasteiger partial charge in [-0.15, -0.1) is 0 Å². The lowest BCUT2D eigenvalue weighted by molar-refractivity contribution is 0.601. The van der Waals surface area contributed by atoms with Gasteiger partial charge >= 0.3 is 0 Å². The summed E-state index contributed by atoms with van der Waals surface area (Å²) in [5, 5.41) is 0.621. The van der Waals surface area contributed by atoms with E-state index in [1.165, 1.54) is 0 Å².